The van der Waals surface area contributed by atoms with Crippen molar-refractivity contribution in [3.8, 4) is 0 Å². The van der Waals surface area contributed by atoms with Gasteiger partial charge < -0.3 is 29.7 Å². The van der Waals surface area contributed by atoms with Crippen LogP contribution in [-0.4, -0.2) is 40.4 Å². The molecular weight excluding hydrogens is 383 g/mol. The Morgan fingerprint density at radius 2 is 1.19 bits per heavy atom. The second kappa shape index (κ2) is 24.2. The standard InChI is InChI=1S/C8H17.3C2H4O2.Sn/c1-4-6-7-8(3)5-2;3*1-2(3)4;/h8H,3-7H2,1-2H3;3*1H3,(H,3,4);/q;;;;+3/p-3. The zero-order valence-electron chi connectivity index (χ0n) is 13.6. The molecular formula is C14H26O6Sn. The molecule has 7 heteroatoms. The fourth-order valence-electron chi connectivity index (χ4n) is 0.943. The minimum absolute atomic E-state index is 0.972. The van der Waals surface area contributed by atoms with Crippen LogP contribution in [0.15, 0.2) is 0 Å². The topological polar surface area (TPSA) is 120 Å². The number of aliphatic carboxylic acids is 3. The molecule has 0 saturated heterocycles. The molecule has 0 amide bonds. The number of hydrogen-bond donors (Lipinski definition) is 0. The van der Waals surface area contributed by atoms with Gasteiger partial charge in [-0.2, -0.15) is 0 Å². The number of rotatable bonds is 5. The van der Waals surface area contributed by atoms with Gasteiger partial charge in [-0.15, -0.1) is 0 Å². The number of hydrogen-bond acceptors (Lipinski definition) is 6. The SMILES string of the molecule is CC(=O)[O-].CC(=O)[O-].CC(=O)[O-].CCCCC(CC)[CH2][Sn+3]. The molecule has 0 saturated carbocycles. The van der Waals surface area contributed by atoms with E-state index in [1.165, 1.54) is 30.1 Å². The van der Waals surface area contributed by atoms with E-state index < -0.39 is 17.9 Å². The Labute approximate surface area is 141 Å². The molecule has 0 spiro atoms. The summed E-state index contributed by atoms with van der Waals surface area (Å²) < 4.78 is 1.46. The fraction of sp³-hybridized carbons (Fsp3) is 0.786. The summed E-state index contributed by atoms with van der Waals surface area (Å²) in [7, 11) is 0. The van der Waals surface area contributed by atoms with Crippen LogP contribution in [0.25, 0.3) is 0 Å². The molecule has 21 heavy (non-hydrogen) atoms. The van der Waals surface area contributed by atoms with Crippen LogP contribution in [0, 0.1) is 5.92 Å². The average molecular weight is 409 g/mol. The van der Waals surface area contributed by atoms with Crippen LogP contribution in [0.4, 0.5) is 0 Å². The second-order valence-corrected chi connectivity index (χ2v) is 5.26. The van der Waals surface area contributed by atoms with Gasteiger partial charge in [-0.25, -0.2) is 0 Å². The molecule has 0 aromatic heterocycles. The van der Waals surface area contributed by atoms with Crippen molar-refractivity contribution in [3.63, 3.8) is 0 Å². The molecule has 0 aliphatic heterocycles. The zero-order valence-corrected chi connectivity index (χ0v) is 16.4. The molecule has 0 heterocycles. The van der Waals surface area contributed by atoms with Crippen LogP contribution in [0.1, 0.15) is 60.3 Å². The Kier molecular flexibility index (Phi) is 32.8. The van der Waals surface area contributed by atoms with Gasteiger partial charge in [-0.1, -0.05) is 0 Å². The van der Waals surface area contributed by atoms with Crippen molar-refractivity contribution in [3.05, 3.63) is 0 Å². The summed E-state index contributed by atoms with van der Waals surface area (Å²) >= 11 is 1.71. The third kappa shape index (κ3) is 109. The predicted molar refractivity (Wildman–Crippen MR) is 75.9 cm³/mol. The van der Waals surface area contributed by atoms with E-state index in [2.05, 4.69) is 13.8 Å². The van der Waals surface area contributed by atoms with Gasteiger partial charge in [0.05, 0.1) is 0 Å². The van der Waals surface area contributed by atoms with E-state index >= 15 is 0 Å². The summed E-state index contributed by atoms with van der Waals surface area (Å²) in [4.78, 5) is 26.7. The van der Waals surface area contributed by atoms with Crippen molar-refractivity contribution in [2.24, 2.45) is 5.92 Å². The number of carboxylic acids is 3. The van der Waals surface area contributed by atoms with Gasteiger partial charge in [-0.05, 0) is 20.8 Å². The van der Waals surface area contributed by atoms with Crippen molar-refractivity contribution in [1.82, 2.24) is 0 Å². The molecule has 0 aliphatic carbocycles. The van der Waals surface area contributed by atoms with Gasteiger partial charge in [0, 0.05) is 17.9 Å². The zero-order chi connectivity index (χ0) is 17.8. The summed E-state index contributed by atoms with van der Waals surface area (Å²) in [5.41, 5.74) is 0. The third-order valence-corrected chi connectivity index (χ3v) is 3.48. The molecule has 0 aromatic rings. The van der Waals surface area contributed by atoms with E-state index in [-0.39, 0.29) is 0 Å². The maximum absolute atomic E-state index is 8.89. The van der Waals surface area contributed by atoms with Gasteiger partial charge in [0.2, 0.25) is 0 Å². The molecule has 0 N–H and O–H groups in total. The molecule has 122 valence electrons. The fourth-order valence-corrected chi connectivity index (χ4v) is 2.35. The van der Waals surface area contributed by atoms with Crippen LogP contribution in [-0.2, 0) is 14.4 Å². The summed E-state index contributed by atoms with van der Waals surface area (Å²) in [6.07, 6.45) is 5.67. The van der Waals surface area contributed by atoms with Crippen LogP contribution in [0.2, 0.25) is 4.44 Å². The molecule has 0 fully saturated rings. The number of carbonyl (C=O) groups excluding carboxylic acids is 3. The Hall–Kier alpha value is -0.791. The van der Waals surface area contributed by atoms with Crippen LogP contribution < -0.4 is 15.3 Å². The Morgan fingerprint density at radius 3 is 1.33 bits per heavy atom. The van der Waals surface area contributed by atoms with E-state index in [0.29, 0.717) is 0 Å². The minimum atomic E-state index is -1.08. The molecule has 1 atom stereocenters. The van der Waals surface area contributed by atoms with Gasteiger partial charge >= 0.3 is 72.4 Å². The van der Waals surface area contributed by atoms with E-state index in [9.17, 15) is 0 Å². The van der Waals surface area contributed by atoms with E-state index in [1.54, 1.807) is 22.5 Å². The molecule has 6 nitrogen and oxygen atoms in total. The summed E-state index contributed by atoms with van der Waals surface area (Å²) in [6, 6.07) is 0. The van der Waals surface area contributed by atoms with Gasteiger partial charge in [0.1, 0.15) is 0 Å². The predicted octanol–water partition coefficient (Wildman–Crippen LogP) is -0.942. The monoisotopic (exact) mass is 410 g/mol. The summed E-state index contributed by atoms with van der Waals surface area (Å²) in [5, 5.41) is 26.7. The first-order valence-corrected chi connectivity index (χ1v) is 8.74. The van der Waals surface area contributed by atoms with E-state index in [4.69, 9.17) is 29.7 Å². The molecule has 0 aliphatic rings. The van der Waals surface area contributed by atoms with Crippen molar-refractivity contribution in [2.75, 3.05) is 0 Å². The van der Waals surface area contributed by atoms with Crippen LogP contribution in [0.5, 0.6) is 0 Å². The van der Waals surface area contributed by atoms with Crippen molar-refractivity contribution < 1.29 is 29.7 Å². The number of carbonyl (C=O) groups is 3. The van der Waals surface area contributed by atoms with E-state index in [1.807, 2.05) is 0 Å². The molecule has 0 radical (unpaired) electrons. The maximum atomic E-state index is 8.89. The Bertz CT molecular complexity index is 211. The van der Waals surface area contributed by atoms with Crippen LogP contribution in [0.3, 0.4) is 0 Å². The van der Waals surface area contributed by atoms with Crippen molar-refractivity contribution >= 4 is 40.4 Å². The van der Waals surface area contributed by atoms with Crippen molar-refractivity contribution in [1.29, 1.82) is 0 Å². The molecule has 1 unspecified atom stereocenters. The van der Waals surface area contributed by atoms with Crippen molar-refractivity contribution in [2.45, 2.75) is 64.7 Å². The first-order valence-electron chi connectivity index (χ1n) is 6.72. The van der Waals surface area contributed by atoms with Gasteiger partial charge in [0.15, 0.2) is 0 Å². The summed E-state index contributed by atoms with van der Waals surface area (Å²) in [5.74, 6) is -2.21. The molecule has 0 bridgehead atoms. The average Bonchev–Trinajstić information content (AvgIpc) is 2.28. The third-order valence-electron chi connectivity index (χ3n) is 1.83. The quantitative estimate of drug-likeness (QED) is 0.541. The second-order valence-electron chi connectivity index (χ2n) is 4.10. The number of carboxylic acid groups (broad SMARTS) is 3. The summed E-state index contributed by atoms with van der Waals surface area (Å²) in [6.45, 7) is 7.50. The first kappa shape index (κ1) is 28.4. The van der Waals surface area contributed by atoms with Gasteiger partial charge in [-0.3, -0.25) is 0 Å². The Morgan fingerprint density at radius 1 is 0.905 bits per heavy atom. The van der Waals surface area contributed by atoms with Crippen LogP contribution >= 0.6 is 0 Å². The molecule has 0 aromatic carbocycles. The first-order chi connectivity index (χ1) is 9.54. The number of unbranched alkanes of at least 4 members (excludes halogenated alkanes) is 1. The normalized spacial score (nSPS) is 9.48. The molecule has 0 rings (SSSR count). The van der Waals surface area contributed by atoms with Gasteiger partial charge in [0.25, 0.3) is 0 Å². The van der Waals surface area contributed by atoms with E-state index in [0.717, 1.165) is 26.7 Å². The Balaban J connectivity index is -0.000000102.